The Morgan fingerprint density at radius 3 is 2.86 bits per heavy atom. The first-order chi connectivity index (χ1) is 10.2. The minimum Gasteiger partial charge on any atom is -0.336 e. The lowest BCUT2D eigenvalue weighted by atomic mass is 10.3. The zero-order valence-electron chi connectivity index (χ0n) is 11.9. The molecule has 1 saturated heterocycles. The third kappa shape index (κ3) is 2.87. The van der Waals surface area contributed by atoms with Crippen molar-refractivity contribution in [3.05, 3.63) is 0 Å². The molecule has 114 valence electrons. The number of nitrogens with zero attached hydrogens (tertiary/aromatic N) is 5. The van der Waals surface area contributed by atoms with E-state index in [9.17, 15) is 9.59 Å². The Hall–Kier alpha value is -1.64. The summed E-state index contributed by atoms with van der Waals surface area (Å²) < 4.78 is 1.82. The van der Waals surface area contributed by atoms with E-state index >= 15 is 0 Å². The van der Waals surface area contributed by atoms with Crippen molar-refractivity contribution >= 4 is 23.7 Å². The summed E-state index contributed by atoms with van der Waals surface area (Å²) in [4.78, 5) is 25.1. The third-order valence-electron chi connectivity index (χ3n) is 3.89. The van der Waals surface area contributed by atoms with Gasteiger partial charge in [0.25, 0.3) is 0 Å². The highest BCUT2D eigenvalue weighted by atomic mass is 32.2. The van der Waals surface area contributed by atoms with E-state index in [0.717, 1.165) is 12.8 Å². The van der Waals surface area contributed by atoms with Crippen molar-refractivity contribution < 1.29 is 9.59 Å². The van der Waals surface area contributed by atoms with E-state index < -0.39 is 0 Å². The van der Waals surface area contributed by atoms with Gasteiger partial charge < -0.3 is 5.32 Å². The lowest BCUT2D eigenvalue weighted by Crippen LogP contribution is -2.39. The summed E-state index contributed by atoms with van der Waals surface area (Å²) >= 11 is 1.32. The van der Waals surface area contributed by atoms with E-state index in [1.807, 2.05) is 4.68 Å². The molecule has 9 heteroatoms. The molecule has 1 aliphatic heterocycles. The second-order valence-electron chi connectivity index (χ2n) is 5.33. The Balaban J connectivity index is 1.67. The molecule has 3 amide bonds. The van der Waals surface area contributed by atoms with E-state index in [2.05, 4.69) is 20.8 Å². The molecule has 0 bridgehead atoms. The minimum absolute atomic E-state index is 0.198. The van der Waals surface area contributed by atoms with Gasteiger partial charge in [0, 0.05) is 13.1 Å². The number of hydrogen-bond donors (Lipinski definition) is 1. The zero-order chi connectivity index (χ0) is 14.8. The highest BCUT2D eigenvalue weighted by Gasteiger charge is 2.32. The van der Waals surface area contributed by atoms with E-state index in [4.69, 9.17) is 0 Å². The van der Waals surface area contributed by atoms with E-state index in [0.29, 0.717) is 24.3 Å². The maximum Gasteiger partial charge on any atom is 0.324 e. The molecule has 1 aromatic heterocycles. The predicted octanol–water partition coefficient (Wildman–Crippen LogP) is 0.821. The van der Waals surface area contributed by atoms with Gasteiger partial charge in [-0.15, -0.1) is 5.10 Å². The molecule has 1 atom stereocenters. The Kier molecular flexibility index (Phi) is 4.09. The quantitative estimate of drug-likeness (QED) is 0.828. The van der Waals surface area contributed by atoms with Gasteiger partial charge in [0.1, 0.15) is 0 Å². The molecule has 3 rings (SSSR count). The second kappa shape index (κ2) is 6.00. The number of hydrogen-bond acceptors (Lipinski definition) is 6. The van der Waals surface area contributed by atoms with Gasteiger partial charge in [-0.05, 0) is 30.2 Å². The standard InChI is InChI=1S/C12H18N6O2S/c1-8(10(19)17-7-6-13-11(17)20)21-12-14-15-16-18(12)9-4-2-3-5-9/h8-9H,2-7H2,1H3,(H,13,20)/t8-/m1/s1. The Morgan fingerprint density at radius 1 is 1.43 bits per heavy atom. The van der Waals surface area contributed by atoms with E-state index in [-0.39, 0.29) is 17.2 Å². The van der Waals surface area contributed by atoms with Crippen molar-refractivity contribution in [2.45, 2.75) is 49.1 Å². The Labute approximate surface area is 126 Å². The number of aromatic nitrogens is 4. The average molecular weight is 310 g/mol. The van der Waals surface area contributed by atoms with Gasteiger partial charge in [0.05, 0.1) is 11.3 Å². The van der Waals surface area contributed by atoms with Crippen molar-refractivity contribution in [1.82, 2.24) is 30.4 Å². The number of imide groups is 1. The average Bonchev–Trinajstić information content (AvgIpc) is 3.17. The van der Waals surface area contributed by atoms with Crippen LogP contribution in [0.4, 0.5) is 4.79 Å². The smallest absolute Gasteiger partial charge is 0.324 e. The third-order valence-corrected chi connectivity index (χ3v) is 4.92. The fourth-order valence-electron chi connectivity index (χ4n) is 2.75. The van der Waals surface area contributed by atoms with Crippen molar-refractivity contribution in [1.29, 1.82) is 0 Å². The first kappa shape index (κ1) is 14.3. The van der Waals surface area contributed by atoms with Crippen LogP contribution in [0.15, 0.2) is 5.16 Å². The second-order valence-corrected chi connectivity index (χ2v) is 6.63. The van der Waals surface area contributed by atoms with Crippen LogP contribution in [-0.2, 0) is 4.79 Å². The highest BCUT2D eigenvalue weighted by molar-refractivity contribution is 8.00. The Morgan fingerprint density at radius 2 is 2.19 bits per heavy atom. The molecule has 0 aromatic carbocycles. The molecule has 1 N–H and O–H groups in total. The van der Waals surface area contributed by atoms with Gasteiger partial charge in [0.15, 0.2) is 0 Å². The van der Waals surface area contributed by atoms with Crippen LogP contribution in [0.5, 0.6) is 0 Å². The molecule has 8 nitrogen and oxygen atoms in total. The first-order valence-electron chi connectivity index (χ1n) is 7.20. The number of rotatable bonds is 4. The SMILES string of the molecule is C[C@@H](Sc1nnnn1C1CCCC1)C(=O)N1CCNC1=O. The summed E-state index contributed by atoms with van der Waals surface area (Å²) in [5.41, 5.74) is 0. The van der Waals surface area contributed by atoms with Crippen LogP contribution in [0.25, 0.3) is 0 Å². The molecule has 2 fully saturated rings. The van der Waals surface area contributed by atoms with Gasteiger partial charge in [0.2, 0.25) is 11.1 Å². The molecule has 2 heterocycles. The predicted molar refractivity (Wildman–Crippen MR) is 75.8 cm³/mol. The van der Waals surface area contributed by atoms with Gasteiger partial charge in [-0.1, -0.05) is 24.6 Å². The molecule has 0 spiro atoms. The molecule has 1 aliphatic carbocycles. The zero-order valence-corrected chi connectivity index (χ0v) is 12.7. The molecular weight excluding hydrogens is 292 g/mol. The lowest BCUT2D eigenvalue weighted by molar-refractivity contribution is -0.126. The molecule has 1 saturated carbocycles. The molecular formula is C12H18N6O2S. The summed E-state index contributed by atoms with van der Waals surface area (Å²) in [6.45, 7) is 2.73. The van der Waals surface area contributed by atoms with Crippen molar-refractivity contribution in [2.24, 2.45) is 0 Å². The van der Waals surface area contributed by atoms with E-state index in [1.54, 1.807) is 6.92 Å². The van der Waals surface area contributed by atoms with Crippen molar-refractivity contribution in [2.75, 3.05) is 13.1 Å². The number of amides is 3. The van der Waals surface area contributed by atoms with Crippen LogP contribution in [0, 0.1) is 0 Å². The van der Waals surface area contributed by atoms with Gasteiger partial charge in [-0.3, -0.25) is 9.69 Å². The number of carbonyl (C=O) groups is 2. The van der Waals surface area contributed by atoms with Gasteiger partial charge in [-0.2, -0.15) is 0 Å². The number of tetrazole rings is 1. The molecule has 2 aliphatic rings. The normalized spacial score (nSPS) is 20.8. The monoisotopic (exact) mass is 310 g/mol. The number of thioether (sulfide) groups is 1. The summed E-state index contributed by atoms with van der Waals surface area (Å²) in [6, 6.07) is 0.0164. The van der Waals surface area contributed by atoms with Crippen LogP contribution in [0.1, 0.15) is 38.6 Å². The fraction of sp³-hybridized carbons (Fsp3) is 0.750. The maximum absolute atomic E-state index is 12.3. The molecule has 0 radical (unpaired) electrons. The summed E-state index contributed by atoms with van der Waals surface area (Å²) in [7, 11) is 0. The topological polar surface area (TPSA) is 93.0 Å². The minimum atomic E-state index is -0.389. The van der Waals surface area contributed by atoms with Crippen LogP contribution in [-0.4, -0.2) is 55.4 Å². The molecule has 21 heavy (non-hydrogen) atoms. The van der Waals surface area contributed by atoms with Crippen LogP contribution < -0.4 is 5.32 Å². The first-order valence-corrected chi connectivity index (χ1v) is 8.08. The Bertz CT molecular complexity index is 542. The highest BCUT2D eigenvalue weighted by Crippen LogP contribution is 2.32. The van der Waals surface area contributed by atoms with Crippen LogP contribution in [0.3, 0.4) is 0 Å². The lowest BCUT2D eigenvalue weighted by Gasteiger charge is -2.17. The van der Waals surface area contributed by atoms with Gasteiger partial charge in [-0.25, -0.2) is 9.48 Å². The maximum atomic E-state index is 12.3. The number of carbonyl (C=O) groups excluding carboxylic acids is 2. The molecule has 0 unspecified atom stereocenters. The van der Waals surface area contributed by atoms with Gasteiger partial charge >= 0.3 is 6.03 Å². The van der Waals surface area contributed by atoms with Crippen molar-refractivity contribution in [3.8, 4) is 0 Å². The summed E-state index contributed by atoms with van der Waals surface area (Å²) in [5, 5.41) is 14.7. The van der Waals surface area contributed by atoms with Crippen LogP contribution >= 0.6 is 11.8 Å². The van der Waals surface area contributed by atoms with E-state index in [1.165, 1.54) is 29.5 Å². The number of nitrogens with one attached hydrogen (secondary N) is 1. The largest absolute Gasteiger partial charge is 0.336 e. The molecule has 1 aromatic rings. The number of urea groups is 1. The van der Waals surface area contributed by atoms with Crippen molar-refractivity contribution in [3.63, 3.8) is 0 Å². The summed E-state index contributed by atoms with van der Waals surface area (Å²) in [6.07, 6.45) is 4.54. The fourth-order valence-corrected chi connectivity index (χ4v) is 3.67. The summed E-state index contributed by atoms with van der Waals surface area (Å²) in [5.74, 6) is -0.198. The van der Waals surface area contributed by atoms with Crippen LogP contribution in [0.2, 0.25) is 0 Å².